The summed E-state index contributed by atoms with van der Waals surface area (Å²) in [6.45, 7) is 4.51. The van der Waals surface area contributed by atoms with Crippen LogP contribution in [0, 0.1) is 0 Å². The molecule has 0 aliphatic carbocycles. The molecule has 0 unspecified atom stereocenters. The highest BCUT2D eigenvalue weighted by Crippen LogP contribution is 2.14. The molecule has 0 bridgehead atoms. The number of aromatic carboxylic acids is 1. The van der Waals surface area contributed by atoms with Crippen molar-refractivity contribution >= 4 is 5.97 Å². The maximum atomic E-state index is 10.3. The zero-order chi connectivity index (χ0) is 13.8. The Bertz CT molecular complexity index is 328. The van der Waals surface area contributed by atoms with Crippen LogP contribution < -0.4 is 0 Å². The number of carbonyl (C=O) groups is 1. The average Bonchev–Trinajstić information content (AvgIpc) is 2.36. The topological polar surface area (TPSA) is 57.5 Å². The molecular weight excluding hydrogens is 228 g/mol. The lowest BCUT2D eigenvalue weighted by molar-refractivity contribution is 0.0694. The van der Waals surface area contributed by atoms with Gasteiger partial charge < -0.3 is 10.2 Å². The van der Waals surface area contributed by atoms with E-state index in [1.165, 1.54) is 50.7 Å². The fraction of sp³-hybridized carbons (Fsp3) is 0.533. The lowest BCUT2D eigenvalue weighted by Crippen LogP contribution is -1.95. The van der Waals surface area contributed by atoms with Crippen molar-refractivity contribution in [3.63, 3.8) is 0 Å². The molecular formula is C15H24O3. The largest absolute Gasteiger partial charge is 0.507 e. The number of carboxylic acid groups (broad SMARTS) is 1. The highest BCUT2D eigenvalue weighted by Gasteiger charge is 2.05. The minimum absolute atomic E-state index is 0.0671. The van der Waals surface area contributed by atoms with Crippen LogP contribution in [-0.2, 0) is 0 Å². The first-order chi connectivity index (χ1) is 8.63. The zero-order valence-corrected chi connectivity index (χ0v) is 11.4. The molecule has 18 heavy (non-hydrogen) atoms. The van der Waals surface area contributed by atoms with Gasteiger partial charge in [-0.05, 0) is 12.1 Å². The summed E-state index contributed by atoms with van der Waals surface area (Å²) in [5.41, 5.74) is -0.0671. The SMILES string of the molecule is CCCCCCCC.O=C(O)c1ccccc1O. The van der Waals surface area contributed by atoms with Crippen LogP contribution in [0.4, 0.5) is 0 Å². The molecule has 0 aliphatic rings. The first kappa shape index (κ1) is 16.5. The van der Waals surface area contributed by atoms with Crippen molar-refractivity contribution in [2.45, 2.75) is 52.4 Å². The Morgan fingerprint density at radius 3 is 1.83 bits per heavy atom. The summed E-state index contributed by atoms with van der Waals surface area (Å²) in [5, 5.41) is 17.3. The summed E-state index contributed by atoms with van der Waals surface area (Å²) in [5.74, 6) is -1.31. The second-order valence-electron chi connectivity index (χ2n) is 4.24. The smallest absolute Gasteiger partial charge is 0.339 e. The van der Waals surface area contributed by atoms with Crippen molar-refractivity contribution in [1.29, 1.82) is 0 Å². The van der Waals surface area contributed by atoms with Crippen LogP contribution in [-0.4, -0.2) is 16.2 Å². The van der Waals surface area contributed by atoms with Gasteiger partial charge in [0.25, 0.3) is 0 Å². The number of para-hydroxylation sites is 1. The molecule has 102 valence electrons. The number of carboxylic acids is 1. The quantitative estimate of drug-likeness (QED) is 0.735. The molecule has 0 atom stereocenters. The maximum Gasteiger partial charge on any atom is 0.339 e. The fourth-order valence-corrected chi connectivity index (χ4v) is 1.51. The van der Waals surface area contributed by atoms with Gasteiger partial charge in [0.1, 0.15) is 11.3 Å². The van der Waals surface area contributed by atoms with Crippen molar-refractivity contribution in [1.82, 2.24) is 0 Å². The molecule has 0 heterocycles. The number of hydrogen-bond acceptors (Lipinski definition) is 2. The van der Waals surface area contributed by atoms with Crippen LogP contribution in [0.5, 0.6) is 5.75 Å². The molecule has 3 heteroatoms. The van der Waals surface area contributed by atoms with Gasteiger partial charge in [-0.15, -0.1) is 0 Å². The summed E-state index contributed by atoms with van der Waals surface area (Å²) < 4.78 is 0. The summed E-state index contributed by atoms with van der Waals surface area (Å²) in [6, 6.07) is 5.81. The lowest BCUT2D eigenvalue weighted by Gasteiger charge is -1.95. The van der Waals surface area contributed by atoms with Gasteiger partial charge in [-0.25, -0.2) is 4.79 Å². The molecule has 1 rings (SSSR count). The first-order valence-electron chi connectivity index (χ1n) is 6.64. The normalized spacial score (nSPS) is 9.44. The molecule has 0 radical (unpaired) electrons. The van der Waals surface area contributed by atoms with Gasteiger partial charge in [-0.1, -0.05) is 64.5 Å². The Morgan fingerprint density at radius 2 is 1.50 bits per heavy atom. The third kappa shape index (κ3) is 7.71. The minimum atomic E-state index is -1.11. The van der Waals surface area contributed by atoms with Crippen molar-refractivity contribution in [2.24, 2.45) is 0 Å². The van der Waals surface area contributed by atoms with Gasteiger partial charge in [0.15, 0.2) is 0 Å². The van der Waals surface area contributed by atoms with Gasteiger partial charge >= 0.3 is 5.97 Å². The maximum absolute atomic E-state index is 10.3. The van der Waals surface area contributed by atoms with Gasteiger partial charge in [-0.3, -0.25) is 0 Å². The molecule has 0 saturated heterocycles. The van der Waals surface area contributed by atoms with Crippen LogP contribution in [0.2, 0.25) is 0 Å². The van der Waals surface area contributed by atoms with E-state index in [4.69, 9.17) is 10.2 Å². The van der Waals surface area contributed by atoms with Crippen molar-refractivity contribution in [3.05, 3.63) is 29.8 Å². The van der Waals surface area contributed by atoms with Gasteiger partial charge in [0.05, 0.1) is 0 Å². The number of aromatic hydroxyl groups is 1. The number of unbranched alkanes of at least 4 members (excludes halogenated alkanes) is 5. The third-order valence-electron chi connectivity index (χ3n) is 2.59. The molecule has 1 aromatic rings. The van der Waals surface area contributed by atoms with Gasteiger partial charge in [-0.2, -0.15) is 0 Å². The highest BCUT2D eigenvalue weighted by atomic mass is 16.4. The summed E-state index contributed by atoms with van der Waals surface area (Å²) in [7, 11) is 0. The zero-order valence-electron chi connectivity index (χ0n) is 11.4. The number of rotatable bonds is 6. The van der Waals surface area contributed by atoms with Crippen molar-refractivity contribution in [3.8, 4) is 5.75 Å². The molecule has 3 nitrogen and oxygen atoms in total. The van der Waals surface area contributed by atoms with Gasteiger partial charge in [0.2, 0.25) is 0 Å². The van der Waals surface area contributed by atoms with Crippen LogP contribution in [0.1, 0.15) is 62.7 Å². The Hall–Kier alpha value is -1.51. The van der Waals surface area contributed by atoms with E-state index in [1.807, 2.05) is 0 Å². The Kier molecular flexibility index (Phi) is 9.74. The molecule has 0 amide bonds. The highest BCUT2D eigenvalue weighted by molar-refractivity contribution is 5.90. The van der Waals surface area contributed by atoms with E-state index in [1.54, 1.807) is 12.1 Å². The Morgan fingerprint density at radius 1 is 1.00 bits per heavy atom. The summed E-state index contributed by atoms with van der Waals surface area (Å²) in [4.78, 5) is 10.3. The first-order valence-corrected chi connectivity index (χ1v) is 6.64. The van der Waals surface area contributed by atoms with Crippen LogP contribution in [0.3, 0.4) is 0 Å². The molecule has 0 aliphatic heterocycles. The average molecular weight is 252 g/mol. The Labute approximate surface area is 109 Å². The molecule has 0 aromatic heterocycles. The number of phenols is 1. The van der Waals surface area contributed by atoms with E-state index < -0.39 is 5.97 Å². The predicted molar refractivity (Wildman–Crippen MR) is 74.1 cm³/mol. The van der Waals surface area contributed by atoms with Crippen LogP contribution >= 0.6 is 0 Å². The lowest BCUT2D eigenvalue weighted by atomic mass is 10.1. The van der Waals surface area contributed by atoms with E-state index in [2.05, 4.69) is 13.8 Å². The van der Waals surface area contributed by atoms with E-state index in [0.29, 0.717) is 0 Å². The van der Waals surface area contributed by atoms with Crippen LogP contribution in [0.25, 0.3) is 0 Å². The molecule has 0 spiro atoms. The van der Waals surface area contributed by atoms with E-state index in [-0.39, 0.29) is 11.3 Å². The molecule has 0 fully saturated rings. The van der Waals surface area contributed by atoms with Crippen molar-refractivity contribution in [2.75, 3.05) is 0 Å². The predicted octanol–water partition coefficient (Wildman–Crippen LogP) is 4.46. The Balaban J connectivity index is 0.000000331. The minimum Gasteiger partial charge on any atom is -0.507 e. The van der Waals surface area contributed by atoms with Crippen LogP contribution in [0.15, 0.2) is 24.3 Å². The third-order valence-corrected chi connectivity index (χ3v) is 2.59. The summed E-state index contributed by atoms with van der Waals surface area (Å²) >= 11 is 0. The van der Waals surface area contributed by atoms with E-state index in [9.17, 15) is 4.79 Å². The molecule has 0 saturated carbocycles. The van der Waals surface area contributed by atoms with Crippen molar-refractivity contribution < 1.29 is 15.0 Å². The van der Waals surface area contributed by atoms with Gasteiger partial charge in [0, 0.05) is 0 Å². The summed E-state index contributed by atoms with van der Waals surface area (Å²) in [6.07, 6.45) is 8.49. The second kappa shape index (κ2) is 10.6. The standard InChI is InChI=1S/C8H18.C7H6O3/c1-3-5-7-8-6-4-2;8-6-4-2-1-3-5(6)7(9)10/h3-8H2,1-2H3;1-4,8H,(H,9,10). The molecule has 1 aromatic carbocycles. The van der Waals surface area contributed by atoms with E-state index >= 15 is 0 Å². The van der Waals surface area contributed by atoms with E-state index in [0.717, 1.165) is 0 Å². The fourth-order valence-electron chi connectivity index (χ4n) is 1.51. The number of benzene rings is 1. The monoisotopic (exact) mass is 252 g/mol. The second-order valence-corrected chi connectivity index (χ2v) is 4.24. The molecule has 2 N–H and O–H groups in total. The number of hydrogen-bond donors (Lipinski definition) is 2.